The maximum absolute atomic E-state index is 13.7. The third kappa shape index (κ3) is 6.21. The van der Waals surface area contributed by atoms with Crippen molar-refractivity contribution in [1.29, 1.82) is 0 Å². The van der Waals surface area contributed by atoms with Gasteiger partial charge in [0.1, 0.15) is 11.6 Å². The number of hydrogen-bond donors (Lipinski definition) is 1. The van der Waals surface area contributed by atoms with Crippen LogP contribution in [0.25, 0.3) is 5.57 Å². The highest BCUT2D eigenvalue weighted by molar-refractivity contribution is 9.10. The lowest BCUT2D eigenvalue weighted by Gasteiger charge is -2.10. The average Bonchev–Trinajstić information content (AvgIpc) is 2.71. The number of hydrogen-bond acceptors (Lipinski definition) is 3. The van der Waals surface area contributed by atoms with Gasteiger partial charge in [-0.1, -0.05) is 48.5 Å². The van der Waals surface area contributed by atoms with Crippen LogP contribution in [0.2, 0.25) is 0 Å². The first-order chi connectivity index (χ1) is 14.0. The summed E-state index contributed by atoms with van der Waals surface area (Å²) in [5.74, 6) is -0.121. The Kier molecular flexibility index (Phi) is 7.49. The van der Waals surface area contributed by atoms with Crippen molar-refractivity contribution in [2.45, 2.75) is 4.90 Å². The van der Waals surface area contributed by atoms with Gasteiger partial charge in [0, 0.05) is 10.6 Å². The van der Waals surface area contributed by atoms with Gasteiger partial charge in [-0.3, -0.25) is 0 Å². The second kappa shape index (κ2) is 10.3. The van der Waals surface area contributed by atoms with Crippen molar-refractivity contribution in [1.82, 2.24) is 0 Å². The Balaban J connectivity index is 1.76. The van der Waals surface area contributed by atoms with Crippen molar-refractivity contribution in [3.63, 3.8) is 0 Å². The lowest BCUT2D eigenvalue weighted by atomic mass is 9.98. The second-order valence-electron chi connectivity index (χ2n) is 6.08. The van der Waals surface area contributed by atoms with E-state index in [1.807, 2.05) is 48.5 Å². The molecule has 0 spiro atoms. The molecule has 0 saturated carbocycles. The zero-order chi connectivity index (χ0) is 20.6. The summed E-state index contributed by atoms with van der Waals surface area (Å²) in [6, 6.07) is 22.0. The van der Waals surface area contributed by atoms with Gasteiger partial charge in [-0.15, -0.1) is 11.8 Å². The van der Waals surface area contributed by atoms with E-state index in [2.05, 4.69) is 22.0 Å². The van der Waals surface area contributed by atoms with E-state index in [1.54, 1.807) is 23.9 Å². The van der Waals surface area contributed by atoms with E-state index in [1.165, 1.54) is 12.1 Å². The molecule has 3 aromatic carbocycles. The molecule has 3 nitrogen and oxygen atoms in total. The Hall–Kier alpha value is -2.57. The smallest absolute Gasteiger partial charge is 0.341 e. The van der Waals surface area contributed by atoms with E-state index >= 15 is 0 Å². The first kappa shape index (κ1) is 21.1. The number of carbonyl (C=O) groups is 1. The molecule has 3 rings (SSSR count). The zero-order valence-corrected chi connectivity index (χ0v) is 17.8. The highest BCUT2D eigenvalue weighted by Crippen LogP contribution is 2.31. The number of thioether (sulfide) groups is 1. The summed E-state index contributed by atoms with van der Waals surface area (Å²) >= 11 is 5.03. The van der Waals surface area contributed by atoms with Crippen LogP contribution in [0.3, 0.4) is 0 Å². The molecule has 0 fully saturated rings. The molecular weight excluding hydrogens is 455 g/mol. The Bertz CT molecular complexity index is 1020. The van der Waals surface area contributed by atoms with E-state index in [0.717, 1.165) is 21.6 Å². The fraction of sp³-hybridized carbons (Fsp3) is 0.0870. The molecule has 0 aliphatic rings. The highest BCUT2D eigenvalue weighted by atomic mass is 79.9. The summed E-state index contributed by atoms with van der Waals surface area (Å²) in [5.41, 5.74) is 2.82. The Morgan fingerprint density at radius 2 is 1.79 bits per heavy atom. The molecule has 3 aromatic rings. The molecule has 1 N–H and O–H groups in total. The molecule has 29 heavy (non-hydrogen) atoms. The summed E-state index contributed by atoms with van der Waals surface area (Å²) in [7, 11) is 0. The predicted molar refractivity (Wildman–Crippen MR) is 118 cm³/mol. The largest absolute Gasteiger partial charge is 0.481 e. The van der Waals surface area contributed by atoms with E-state index in [-0.39, 0.29) is 12.4 Å². The monoisotopic (exact) mass is 472 g/mol. The number of ether oxygens (including phenoxy) is 1. The molecule has 0 radical (unpaired) electrons. The number of carboxylic acids is 1. The molecule has 0 bridgehead atoms. The van der Waals surface area contributed by atoms with Gasteiger partial charge in [0.15, 0.2) is 6.61 Å². The predicted octanol–water partition coefficient (Wildman–Crippen LogP) is 6.28. The third-order valence-corrected chi connectivity index (χ3v) is 5.55. The van der Waals surface area contributed by atoms with Crippen LogP contribution in [-0.4, -0.2) is 23.4 Å². The van der Waals surface area contributed by atoms with Crippen LogP contribution in [0, 0.1) is 5.82 Å². The van der Waals surface area contributed by atoms with Gasteiger partial charge >= 0.3 is 5.97 Å². The minimum absolute atomic E-state index is 0.266. The summed E-state index contributed by atoms with van der Waals surface area (Å²) in [6.45, 7) is -0.387. The molecule has 0 heterocycles. The molecule has 148 valence electrons. The number of benzene rings is 3. The molecule has 0 saturated heterocycles. The van der Waals surface area contributed by atoms with Crippen LogP contribution >= 0.6 is 27.7 Å². The van der Waals surface area contributed by atoms with E-state index in [4.69, 9.17) is 9.84 Å². The number of halogens is 2. The van der Waals surface area contributed by atoms with Crippen molar-refractivity contribution in [3.8, 4) is 5.75 Å². The molecule has 0 unspecified atom stereocenters. The van der Waals surface area contributed by atoms with E-state index in [9.17, 15) is 9.18 Å². The molecule has 0 aromatic heterocycles. The lowest BCUT2D eigenvalue weighted by molar-refractivity contribution is -0.139. The molecule has 0 aliphatic carbocycles. The zero-order valence-electron chi connectivity index (χ0n) is 15.3. The van der Waals surface area contributed by atoms with Crippen LogP contribution in [-0.2, 0) is 4.79 Å². The van der Waals surface area contributed by atoms with Crippen LogP contribution in [0.1, 0.15) is 11.1 Å². The summed E-state index contributed by atoms with van der Waals surface area (Å²) in [5, 5.41) is 8.72. The second-order valence-corrected chi connectivity index (χ2v) is 8.03. The standard InChI is InChI=1S/C23H18BrFO3S/c24-21-14-19(9-10-22(21)28-15-23(26)27)29-12-11-20(16-5-2-1-3-6-16)17-7-4-8-18(25)13-17/h1-11,13-14H,12,15H2,(H,26,27)/b20-11-. The fourth-order valence-electron chi connectivity index (χ4n) is 2.73. The Morgan fingerprint density at radius 3 is 2.48 bits per heavy atom. The normalized spacial score (nSPS) is 11.3. The van der Waals surface area contributed by atoms with Gasteiger partial charge in [-0.05, 0) is 63.0 Å². The summed E-state index contributed by atoms with van der Waals surface area (Å²) in [4.78, 5) is 11.6. The maximum Gasteiger partial charge on any atom is 0.341 e. The SMILES string of the molecule is O=C(O)COc1ccc(SC/C=C(/c2ccccc2)c2cccc(F)c2)cc1Br. The van der Waals surface area contributed by atoms with Crippen molar-refractivity contribution < 1.29 is 19.0 Å². The van der Waals surface area contributed by atoms with Crippen molar-refractivity contribution in [2.75, 3.05) is 12.4 Å². The van der Waals surface area contributed by atoms with E-state index in [0.29, 0.717) is 16.0 Å². The van der Waals surface area contributed by atoms with E-state index < -0.39 is 5.97 Å². The molecular formula is C23H18BrFO3S. The molecule has 6 heteroatoms. The Morgan fingerprint density at radius 1 is 1.03 bits per heavy atom. The fourth-order valence-corrected chi connectivity index (χ4v) is 4.18. The maximum atomic E-state index is 13.7. The van der Waals surface area contributed by atoms with Gasteiger partial charge in [-0.25, -0.2) is 9.18 Å². The first-order valence-corrected chi connectivity index (χ1v) is 10.6. The first-order valence-electron chi connectivity index (χ1n) is 8.81. The third-order valence-electron chi connectivity index (χ3n) is 4.01. The van der Waals surface area contributed by atoms with Gasteiger partial charge in [0.2, 0.25) is 0 Å². The van der Waals surface area contributed by atoms with Crippen molar-refractivity contribution in [2.24, 2.45) is 0 Å². The molecule has 0 amide bonds. The topological polar surface area (TPSA) is 46.5 Å². The lowest BCUT2D eigenvalue weighted by Crippen LogP contribution is -2.09. The quantitative estimate of drug-likeness (QED) is 0.392. The summed E-state index contributed by atoms with van der Waals surface area (Å²) in [6.07, 6.45) is 2.08. The Labute approximate surface area is 181 Å². The number of aliphatic carboxylic acids is 1. The minimum Gasteiger partial charge on any atom is -0.481 e. The van der Waals surface area contributed by atoms with Crippen LogP contribution in [0.15, 0.2) is 88.2 Å². The number of rotatable bonds is 8. The van der Waals surface area contributed by atoms with Gasteiger partial charge < -0.3 is 9.84 Å². The van der Waals surface area contributed by atoms with Crippen molar-refractivity contribution in [3.05, 3.63) is 100 Å². The summed E-state index contributed by atoms with van der Waals surface area (Å²) < 4.78 is 19.7. The van der Waals surface area contributed by atoms with Gasteiger partial charge in [0.25, 0.3) is 0 Å². The number of carboxylic acid groups (broad SMARTS) is 1. The van der Waals surface area contributed by atoms with Gasteiger partial charge in [-0.2, -0.15) is 0 Å². The average molecular weight is 473 g/mol. The minimum atomic E-state index is -1.02. The van der Waals surface area contributed by atoms with Gasteiger partial charge in [0.05, 0.1) is 4.47 Å². The highest BCUT2D eigenvalue weighted by Gasteiger charge is 2.08. The van der Waals surface area contributed by atoms with Crippen LogP contribution < -0.4 is 4.74 Å². The molecule has 0 aliphatic heterocycles. The van der Waals surface area contributed by atoms with Crippen LogP contribution in [0.5, 0.6) is 5.75 Å². The molecule has 0 atom stereocenters. The van der Waals surface area contributed by atoms with Crippen molar-refractivity contribution >= 4 is 39.2 Å². The van der Waals surface area contributed by atoms with Crippen LogP contribution in [0.4, 0.5) is 4.39 Å².